The van der Waals surface area contributed by atoms with E-state index >= 15 is 0 Å². The van der Waals surface area contributed by atoms with Crippen LogP contribution in [0.25, 0.3) is 0 Å². The largest absolute Gasteiger partial charge is 0.372 e. The Kier molecular flexibility index (Phi) is 5.78. The van der Waals surface area contributed by atoms with Gasteiger partial charge in [0, 0.05) is 18.0 Å². The maximum absolute atomic E-state index is 13.9. The normalized spacial score (nSPS) is 11.4. The number of thioether (sulfide) groups is 1. The molecule has 0 aliphatic rings. The lowest BCUT2D eigenvalue weighted by molar-refractivity contribution is -0.113. The molecular formula is C15H21FN2O2S. The third-order valence-corrected chi connectivity index (χ3v) is 3.95. The van der Waals surface area contributed by atoms with Crippen molar-refractivity contribution in [1.29, 1.82) is 0 Å². The van der Waals surface area contributed by atoms with Crippen LogP contribution >= 0.6 is 11.8 Å². The van der Waals surface area contributed by atoms with Gasteiger partial charge in [0.15, 0.2) is 0 Å². The number of anilines is 1. The number of hydrogen-bond donors (Lipinski definition) is 2. The molecule has 0 spiro atoms. The van der Waals surface area contributed by atoms with E-state index < -0.39 is 17.3 Å². The van der Waals surface area contributed by atoms with E-state index in [0.717, 1.165) is 0 Å². The molecule has 1 rings (SSSR count). The summed E-state index contributed by atoms with van der Waals surface area (Å²) in [6.07, 6.45) is 0. The molecule has 0 aliphatic carbocycles. The minimum absolute atomic E-state index is 0.0201. The molecule has 4 nitrogen and oxygen atoms in total. The van der Waals surface area contributed by atoms with Gasteiger partial charge in [0.2, 0.25) is 5.12 Å². The van der Waals surface area contributed by atoms with Gasteiger partial charge in [-0.2, -0.15) is 0 Å². The van der Waals surface area contributed by atoms with E-state index in [1.165, 1.54) is 30.9 Å². The zero-order chi connectivity index (χ0) is 16.2. The molecule has 0 radical (unpaired) electrons. The van der Waals surface area contributed by atoms with Gasteiger partial charge in [-0.25, -0.2) is 4.39 Å². The van der Waals surface area contributed by atoms with Gasteiger partial charge >= 0.3 is 0 Å². The Hall–Kier alpha value is -1.56. The van der Waals surface area contributed by atoms with Gasteiger partial charge < -0.3 is 10.6 Å². The summed E-state index contributed by atoms with van der Waals surface area (Å²) >= 11 is 1.24. The quantitative estimate of drug-likeness (QED) is 0.877. The fraction of sp³-hybridized carbons (Fsp3) is 0.467. The van der Waals surface area contributed by atoms with Crippen molar-refractivity contribution < 1.29 is 14.0 Å². The molecule has 0 aliphatic heterocycles. The molecule has 0 saturated carbocycles. The number of carbonyl (C=O) groups excluding carboxylic acids is 2. The van der Waals surface area contributed by atoms with Crippen molar-refractivity contribution in [3.05, 3.63) is 29.6 Å². The molecule has 21 heavy (non-hydrogen) atoms. The summed E-state index contributed by atoms with van der Waals surface area (Å²) in [5, 5.41) is 5.55. The highest BCUT2D eigenvalue weighted by atomic mass is 32.2. The third-order valence-electron chi connectivity index (χ3n) is 2.75. The van der Waals surface area contributed by atoms with E-state index in [4.69, 9.17) is 0 Å². The van der Waals surface area contributed by atoms with Crippen LogP contribution in [0.3, 0.4) is 0 Å². The number of hydrogen-bond acceptors (Lipinski definition) is 4. The summed E-state index contributed by atoms with van der Waals surface area (Å²) in [4.78, 5) is 23.6. The highest BCUT2D eigenvalue weighted by Gasteiger charge is 2.28. The number of halogens is 1. The van der Waals surface area contributed by atoms with Gasteiger partial charge in [0.1, 0.15) is 11.4 Å². The van der Waals surface area contributed by atoms with Gasteiger partial charge in [-0.3, -0.25) is 9.59 Å². The van der Waals surface area contributed by atoms with Crippen LogP contribution in [0.5, 0.6) is 0 Å². The Morgan fingerprint density at radius 3 is 2.38 bits per heavy atom. The fourth-order valence-corrected chi connectivity index (χ4v) is 2.46. The Morgan fingerprint density at radius 2 is 1.90 bits per heavy atom. The number of amides is 1. The van der Waals surface area contributed by atoms with E-state index in [0.29, 0.717) is 5.69 Å². The maximum atomic E-state index is 13.9. The third kappa shape index (κ3) is 4.74. The number of benzene rings is 1. The number of rotatable bonds is 5. The van der Waals surface area contributed by atoms with Crippen molar-refractivity contribution in [2.45, 2.75) is 38.5 Å². The second kappa shape index (κ2) is 6.93. The lowest BCUT2D eigenvalue weighted by atomic mass is 10.1. The minimum Gasteiger partial charge on any atom is -0.372 e. The second-order valence-electron chi connectivity index (χ2n) is 5.48. The maximum Gasteiger partial charge on any atom is 0.253 e. The van der Waals surface area contributed by atoms with Gasteiger partial charge in [0.25, 0.3) is 5.91 Å². The van der Waals surface area contributed by atoms with Crippen LogP contribution < -0.4 is 10.6 Å². The average molecular weight is 312 g/mol. The fourth-order valence-electron chi connectivity index (χ4n) is 1.68. The zero-order valence-electron chi connectivity index (χ0n) is 12.9. The first-order valence-corrected chi connectivity index (χ1v) is 7.56. The topological polar surface area (TPSA) is 58.2 Å². The first-order chi connectivity index (χ1) is 9.67. The van der Waals surface area contributed by atoms with Crippen LogP contribution in [0, 0.1) is 5.82 Å². The highest BCUT2D eigenvalue weighted by molar-refractivity contribution is 8.14. The smallest absolute Gasteiger partial charge is 0.253 e. The van der Waals surface area contributed by atoms with E-state index in [9.17, 15) is 14.0 Å². The number of carbonyl (C=O) groups is 2. The second-order valence-corrected chi connectivity index (χ2v) is 7.03. The van der Waals surface area contributed by atoms with Crippen LogP contribution in [-0.2, 0) is 4.79 Å². The summed E-state index contributed by atoms with van der Waals surface area (Å²) < 4.78 is 13.9. The van der Waals surface area contributed by atoms with Crippen LogP contribution in [0.4, 0.5) is 10.1 Å². The molecule has 1 amide bonds. The first-order valence-electron chi connectivity index (χ1n) is 6.68. The first kappa shape index (κ1) is 17.5. The lowest BCUT2D eigenvalue weighted by Gasteiger charge is -2.26. The molecule has 2 N–H and O–H groups in total. The molecule has 1 aromatic rings. The van der Waals surface area contributed by atoms with Gasteiger partial charge in [0.05, 0.1) is 5.56 Å². The minimum atomic E-state index is -0.824. The van der Waals surface area contributed by atoms with E-state index in [1.807, 2.05) is 13.8 Å². The molecule has 116 valence electrons. The van der Waals surface area contributed by atoms with Gasteiger partial charge in [-0.1, -0.05) is 25.6 Å². The summed E-state index contributed by atoms with van der Waals surface area (Å²) in [5.41, 5.74) is -0.387. The summed E-state index contributed by atoms with van der Waals surface area (Å²) in [6.45, 7) is 7.37. The van der Waals surface area contributed by atoms with Crippen LogP contribution in [0.1, 0.15) is 38.1 Å². The zero-order valence-corrected chi connectivity index (χ0v) is 13.7. The van der Waals surface area contributed by atoms with Gasteiger partial charge in [-0.15, -0.1) is 0 Å². The van der Waals surface area contributed by atoms with Crippen LogP contribution in [-0.4, -0.2) is 28.9 Å². The van der Waals surface area contributed by atoms with Crippen molar-refractivity contribution >= 4 is 28.5 Å². The predicted molar refractivity (Wildman–Crippen MR) is 85.2 cm³/mol. The van der Waals surface area contributed by atoms with E-state index in [2.05, 4.69) is 10.6 Å². The Bertz CT molecular complexity index is 544. The molecule has 0 bridgehead atoms. The monoisotopic (exact) mass is 312 g/mol. The molecule has 0 saturated heterocycles. The molecule has 1 aromatic carbocycles. The molecule has 6 heteroatoms. The van der Waals surface area contributed by atoms with Crippen LogP contribution in [0.2, 0.25) is 0 Å². The summed E-state index contributed by atoms with van der Waals surface area (Å²) in [7, 11) is 1.44. The highest BCUT2D eigenvalue weighted by Crippen LogP contribution is 2.25. The molecule has 0 unspecified atom stereocenters. The van der Waals surface area contributed by atoms with Crippen molar-refractivity contribution in [1.82, 2.24) is 5.32 Å². The van der Waals surface area contributed by atoms with Crippen LogP contribution in [0.15, 0.2) is 18.2 Å². The average Bonchev–Trinajstić information content (AvgIpc) is 2.36. The molecule has 0 atom stereocenters. The molecule has 0 fully saturated rings. The Labute approximate surface area is 128 Å². The molecular weight excluding hydrogens is 291 g/mol. The molecule has 0 heterocycles. The van der Waals surface area contributed by atoms with Crippen molar-refractivity contribution in [2.75, 3.05) is 12.4 Å². The van der Waals surface area contributed by atoms with Gasteiger partial charge in [-0.05, 0) is 32.0 Å². The van der Waals surface area contributed by atoms with Crippen molar-refractivity contribution in [3.8, 4) is 0 Å². The Morgan fingerprint density at radius 1 is 1.29 bits per heavy atom. The molecule has 0 aromatic heterocycles. The van der Waals surface area contributed by atoms with E-state index in [1.54, 1.807) is 19.9 Å². The SMILES string of the molecule is CNC(=O)c1ccc(NC(C)(C)C(=O)SC(C)C)cc1F. The lowest BCUT2D eigenvalue weighted by Crippen LogP contribution is -2.39. The summed E-state index contributed by atoms with van der Waals surface area (Å²) in [6, 6.07) is 4.20. The van der Waals surface area contributed by atoms with E-state index in [-0.39, 0.29) is 15.9 Å². The summed E-state index contributed by atoms with van der Waals surface area (Å²) in [5.74, 6) is -1.11. The van der Waals surface area contributed by atoms with Crippen molar-refractivity contribution in [3.63, 3.8) is 0 Å². The number of nitrogens with one attached hydrogen (secondary N) is 2. The van der Waals surface area contributed by atoms with Crippen molar-refractivity contribution in [2.24, 2.45) is 0 Å². The predicted octanol–water partition coefficient (Wildman–Crippen LogP) is 3.04. The standard InChI is InChI=1S/C15H21FN2O2S/c1-9(2)21-14(20)15(3,4)18-10-6-7-11(12(16)8-10)13(19)17-5/h6-9,18H,1-5H3,(H,17,19). The Balaban J connectivity index is 2.90.